The standard InChI is InChI=1S/C24H26N4O2S2/c1-17(2)31-19-8-4-7-18(15-19)23(29)28(13-6-12-27-14-11-25-16-27)24-26-22-20(30-3)9-5-10-21(22)32-24/h4-5,7-11,14-17H,6,12-13H2,1-3H3. The average molecular weight is 467 g/mol. The molecule has 166 valence electrons. The predicted molar refractivity (Wildman–Crippen MR) is 132 cm³/mol. The molecule has 0 saturated heterocycles. The summed E-state index contributed by atoms with van der Waals surface area (Å²) in [6.45, 7) is 5.63. The Morgan fingerprint density at radius 1 is 1.25 bits per heavy atom. The van der Waals surface area contributed by atoms with Crippen LogP contribution in [0.15, 0.2) is 66.1 Å². The largest absolute Gasteiger partial charge is 0.494 e. The van der Waals surface area contributed by atoms with Gasteiger partial charge in [-0.1, -0.05) is 37.3 Å². The summed E-state index contributed by atoms with van der Waals surface area (Å²) in [5.74, 6) is 0.672. The molecule has 4 rings (SSSR count). The van der Waals surface area contributed by atoms with Crippen molar-refractivity contribution in [3.63, 3.8) is 0 Å². The number of thioether (sulfide) groups is 1. The van der Waals surface area contributed by atoms with E-state index in [1.807, 2.05) is 53.2 Å². The van der Waals surface area contributed by atoms with Crippen LogP contribution < -0.4 is 9.64 Å². The first-order valence-corrected chi connectivity index (χ1v) is 12.2. The van der Waals surface area contributed by atoms with Gasteiger partial charge < -0.3 is 9.30 Å². The first kappa shape index (κ1) is 22.4. The minimum Gasteiger partial charge on any atom is -0.494 e. The number of anilines is 1. The summed E-state index contributed by atoms with van der Waals surface area (Å²) in [5.41, 5.74) is 1.45. The van der Waals surface area contributed by atoms with E-state index >= 15 is 0 Å². The van der Waals surface area contributed by atoms with E-state index in [0.717, 1.165) is 28.1 Å². The average Bonchev–Trinajstić information content (AvgIpc) is 3.45. The van der Waals surface area contributed by atoms with Gasteiger partial charge in [-0.05, 0) is 36.8 Å². The van der Waals surface area contributed by atoms with E-state index < -0.39 is 0 Å². The Bertz CT molecular complexity index is 1190. The number of methoxy groups -OCH3 is 1. The Balaban J connectivity index is 1.65. The van der Waals surface area contributed by atoms with Crippen molar-refractivity contribution in [1.82, 2.24) is 14.5 Å². The topological polar surface area (TPSA) is 60.2 Å². The number of aryl methyl sites for hydroxylation is 1. The molecular formula is C24H26N4O2S2. The molecule has 2 aromatic carbocycles. The molecule has 0 radical (unpaired) electrons. The lowest BCUT2D eigenvalue weighted by molar-refractivity contribution is 0.0986. The first-order chi connectivity index (χ1) is 15.5. The van der Waals surface area contributed by atoms with Crippen molar-refractivity contribution in [3.05, 3.63) is 66.7 Å². The molecule has 6 nitrogen and oxygen atoms in total. The molecule has 2 heterocycles. The molecule has 0 saturated carbocycles. The number of hydrogen-bond donors (Lipinski definition) is 0. The van der Waals surface area contributed by atoms with Crippen LogP contribution in [0.2, 0.25) is 0 Å². The third-order valence-corrected chi connectivity index (χ3v) is 6.92. The summed E-state index contributed by atoms with van der Waals surface area (Å²) in [7, 11) is 1.64. The number of ether oxygens (including phenoxy) is 1. The fraction of sp³-hybridized carbons (Fsp3) is 0.292. The maximum absolute atomic E-state index is 13.6. The molecule has 0 aliphatic rings. The van der Waals surface area contributed by atoms with E-state index in [2.05, 4.69) is 18.8 Å². The van der Waals surface area contributed by atoms with E-state index in [1.54, 1.807) is 36.3 Å². The molecule has 0 bridgehead atoms. The van der Waals surface area contributed by atoms with Crippen LogP contribution in [0.25, 0.3) is 10.2 Å². The minimum atomic E-state index is -0.0418. The van der Waals surface area contributed by atoms with Crippen LogP contribution >= 0.6 is 23.1 Å². The Morgan fingerprint density at radius 2 is 2.09 bits per heavy atom. The fourth-order valence-electron chi connectivity index (χ4n) is 3.44. The lowest BCUT2D eigenvalue weighted by Crippen LogP contribution is -2.32. The fourth-order valence-corrected chi connectivity index (χ4v) is 5.34. The highest BCUT2D eigenvalue weighted by Gasteiger charge is 2.22. The van der Waals surface area contributed by atoms with E-state index in [1.165, 1.54) is 11.3 Å². The molecular weight excluding hydrogens is 440 g/mol. The lowest BCUT2D eigenvalue weighted by Gasteiger charge is -2.20. The number of carbonyl (C=O) groups is 1. The van der Waals surface area contributed by atoms with E-state index in [9.17, 15) is 4.79 Å². The number of para-hydroxylation sites is 1. The molecule has 0 atom stereocenters. The van der Waals surface area contributed by atoms with Crippen molar-refractivity contribution < 1.29 is 9.53 Å². The summed E-state index contributed by atoms with van der Waals surface area (Å²) < 4.78 is 8.49. The third-order valence-electron chi connectivity index (χ3n) is 4.88. The molecule has 4 aromatic rings. The van der Waals surface area contributed by atoms with Crippen LogP contribution in [0.4, 0.5) is 5.13 Å². The maximum Gasteiger partial charge on any atom is 0.260 e. The number of carbonyl (C=O) groups excluding carboxylic acids is 1. The molecule has 0 fully saturated rings. The highest BCUT2D eigenvalue weighted by molar-refractivity contribution is 7.99. The molecule has 0 N–H and O–H groups in total. The third kappa shape index (κ3) is 5.14. The van der Waals surface area contributed by atoms with Crippen molar-refractivity contribution >= 4 is 44.4 Å². The van der Waals surface area contributed by atoms with Crippen LogP contribution in [-0.4, -0.2) is 39.3 Å². The lowest BCUT2D eigenvalue weighted by atomic mass is 10.2. The van der Waals surface area contributed by atoms with E-state index in [-0.39, 0.29) is 5.91 Å². The van der Waals surface area contributed by atoms with Gasteiger partial charge in [0, 0.05) is 41.2 Å². The Hall–Kier alpha value is -2.84. The number of hydrogen-bond acceptors (Lipinski definition) is 6. The number of nitrogens with zero attached hydrogens (tertiary/aromatic N) is 4. The van der Waals surface area contributed by atoms with Gasteiger partial charge in [0.1, 0.15) is 11.3 Å². The van der Waals surface area contributed by atoms with Gasteiger partial charge in [0.05, 0.1) is 18.1 Å². The van der Waals surface area contributed by atoms with E-state index in [4.69, 9.17) is 9.72 Å². The Labute approximate surface area is 196 Å². The molecule has 0 unspecified atom stereocenters. The molecule has 8 heteroatoms. The van der Waals surface area contributed by atoms with Gasteiger partial charge in [-0.2, -0.15) is 0 Å². The quantitative estimate of drug-likeness (QED) is 0.294. The molecule has 32 heavy (non-hydrogen) atoms. The van der Waals surface area contributed by atoms with Crippen molar-refractivity contribution in [3.8, 4) is 5.75 Å². The SMILES string of the molecule is COc1cccc2sc(N(CCCn3ccnc3)C(=O)c3cccc(SC(C)C)c3)nc12. The molecule has 0 aliphatic carbocycles. The monoisotopic (exact) mass is 466 g/mol. The maximum atomic E-state index is 13.6. The van der Waals surface area contributed by atoms with Crippen molar-refractivity contribution in [2.24, 2.45) is 0 Å². The van der Waals surface area contributed by atoms with Crippen LogP contribution in [0, 0.1) is 0 Å². The highest BCUT2D eigenvalue weighted by Crippen LogP contribution is 2.35. The highest BCUT2D eigenvalue weighted by atomic mass is 32.2. The second-order valence-electron chi connectivity index (χ2n) is 7.61. The van der Waals surface area contributed by atoms with Gasteiger partial charge in [-0.3, -0.25) is 9.69 Å². The number of aromatic nitrogens is 3. The Morgan fingerprint density at radius 3 is 2.84 bits per heavy atom. The smallest absolute Gasteiger partial charge is 0.260 e. The van der Waals surface area contributed by atoms with Gasteiger partial charge in [-0.15, -0.1) is 11.8 Å². The summed E-state index contributed by atoms with van der Waals surface area (Å²) in [6, 6.07) is 13.7. The molecule has 2 aromatic heterocycles. The number of rotatable bonds is 9. The Kier molecular flexibility index (Phi) is 7.12. The number of thiazole rings is 1. The number of imidazole rings is 1. The van der Waals surface area contributed by atoms with Crippen molar-refractivity contribution in [1.29, 1.82) is 0 Å². The van der Waals surface area contributed by atoms with Gasteiger partial charge >= 0.3 is 0 Å². The summed E-state index contributed by atoms with van der Waals surface area (Å²) >= 11 is 3.26. The van der Waals surface area contributed by atoms with Gasteiger partial charge in [0.25, 0.3) is 5.91 Å². The number of benzene rings is 2. The summed E-state index contributed by atoms with van der Waals surface area (Å²) in [6.07, 6.45) is 6.28. The van der Waals surface area contributed by atoms with E-state index in [0.29, 0.717) is 28.2 Å². The van der Waals surface area contributed by atoms with Crippen molar-refractivity contribution in [2.45, 2.75) is 37.0 Å². The summed E-state index contributed by atoms with van der Waals surface area (Å²) in [5, 5.41) is 1.13. The van der Waals surface area contributed by atoms with Crippen molar-refractivity contribution in [2.75, 3.05) is 18.6 Å². The molecule has 1 amide bonds. The van der Waals surface area contributed by atoms with Gasteiger partial charge in [0.15, 0.2) is 5.13 Å². The minimum absolute atomic E-state index is 0.0418. The molecule has 0 spiro atoms. The normalized spacial score (nSPS) is 11.2. The van der Waals surface area contributed by atoms with Crippen LogP contribution in [0.3, 0.4) is 0 Å². The predicted octanol–water partition coefficient (Wildman–Crippen LogP) is 5.74. The second-order valence-corrected chi connectivity index (χ2v) is 10.3. The zero-order valence-corrected chi connectivity index (χ0v) is 20.0. The molecule has 0 aliphatic heterocycles. The first-order valence-electron chi connectivity index (χ1n) is 10.5. The van der Waals surface area contributed by atoms with Gasteiger partial charge in [0.2, 0.25) is 0 Å². The van der Waals surface area contributed by atoms with Crippen LogP contribution in [-0.2, 0) is 6.54 Å². The zero-order valence-electron chi connectivity index (χ0n) is 18.4. The van der Waals surface area contributed by atoms with Crippen LogP contribution in [0.5, 0.6) is 5.75 Å². The summed E-state index contributed by atoms with van der Waals surface area (Å²) in [4.78, 5) is 25.4. The zero-order chi connectivity index (χ0) is 22.5. The number of fused-ring (bicyclic) bond motifs is 1. The number of amides is 1. The van der Waals surface area contributed by atoms with Gasteiger partial charge in [-0.25, -0.2) is 9.97 Å². The second kappa shape index (κ2) is 10.2. The van der Waals surface area contributed by atoms with Crippen LogP contribution in [0.1, 0.15) is 30.6 Å².